The van der Waals surface area contributed by atoms with Crippen molar-refractivity contribution >= 4 is 34.3 Å². The minimum Gasteiger partial charge on any atom is -0.265 e. The lowest BCUT2D eigenvalue weighted by Gasteiger charge is -1.96. The van der Waals surface area contributed by atoms with Crippen molar-refractivity contribution < 1.29 is 0 Å². The molecular formula is C15H11ClN4S. The van der Waals surface area contributed by atoms with E-state index in [9.17, 15) is 0 Å². The zero-order chi connectivity index (χ0) is 14.5. The summed E-state index contributed by atoms with van der Waals surface area (Å²) in [7, 11) is 0. The molecule has 0 unspecified atom stereocenters. The standard InChI is InChI=1S/C15H11ClN4S/c16-13-3-1-12(2-4-13)14-10-21-15(19-14)20-18-9-11-5-7-17-8-6-11/h1-10H,(H,19,20)/b18-9-. The van der Waals surface area contributed by atoms with Crippen LogP contribution in [0.4, 0.5) is 5.13 Å². The number of thiazole rings is 1. The van der Waals surface area contributed by atoms with Crippen LogP contribution < -0.4 is 5.43 Å². The van der Waals surface area contributed by atoms with Crippen molar-refractivity contribution in [2.45, 2.75) is 0 Å². The van der Waals surface area contributed by atoms with Crippen LogP contribution in [0.15, 0.2) is 59.3 Å². The summed E-state index contributed by atoms with van der Waals surface area (Å²) in [5, 5.41) is 7.59. The Hall–Kier alpha value is -2.24. The summed E-state index contributed by atoms with van der Waals surface area (Å²) in [6, 6.07) is 11.4. The van der Waals surface area contributed by atoms with Crippen LogP contribution in [0.3, 0.4) is 0 Å². The molecule has 0 aliphatic carbocycles. The Kier molecular flexibility index (Phi) is 4.23. The molecule has 0 amide bonds. The maximum absolute atomic E-state index is 5.88. The molecule has 1 N–H and O–H groups in total. The van der Waals surface area contributed by atoms with Crippen molar-refractivity contribution in [3.05, 3.63) is 64.8 Å². The number of pyridine rings is 1. The summed E-state index contributed by atoms with van der Waals surface area (Å²) in [6.45, 7) is 0. The molecule has 1 aromatic carbocycles. The molecule has 3 aromatic rings. The molecule has 0 atom stereocenters. The Morgan fingerprint density at radius 1 is 1.10 bits per heavy atom. The SMILES string of the molecule is Clc1ccc(-c2csc(N/N=C\c3ccncc3)n2)cc1. The van der Waals surface area contributed by atoms with Gasteiger partial charge in [-0.3, -0.25) is 10.4 Å². The molecule has 2 heterocycles. The van der Waals surface area contributed by atoms with Gasteiger partial charge in [0.15, 0.2) is 0 Å². The zero-order valence-electron chi connectivity index (χ0n) is 10.9. The fraction of sp³-hybridized carbons (Fsp3) is 0. The van der Waals surface area contributed by atoms with Gasteiger partial charge in [0.05, 0.1) is 11.9 Å². The summed E-state index contributed by atoms with van der Waals surface area (Å²) < 4.78 is 0. The van der Waals surface area contributed by atoms with Gasteiger partial charge in [0.2, 0.25) is 5.13 Å². The first kappa shape index (κ1) is 13.7. The first-order valence-electron chi connectivity index (χ1n) is 6.22. The molecule has 104 valence electrons. The summed E-state index contributed by atoms with van der Waals surface area (Å²) in [4.78, 5) is 8.43. The quantitative estimate of drug-likeness (QED) is 0.577. The summed E-state index contributed by atoms with van der Waals surface area (Å²) >= 11 is 7.38. The Bertz CT molecular complexity index is 738. The number of nitrogens with one attached hydrogen (secondary N) is 1. The average molecular weight is 315 g/mol. The molecular weight excluding hydrogens is 304 g/mol. The van der Waals surface area contributed by atoms with Crippen LogP contribution >= 0.6 is 22.9 Å². The van der Waals surface area contributed by atoms with E-state index in [2.05, 4.69) is 20.5 Å². The molecule has 6 heteroatoms. The van der Waals surface area contributed by atoms with E-state index in [1.807, 2.05) is 41.8 Å². The topological polar surface area (TPSA) is 50.2 Å². The Morgan fingerprint density at radius 2 is 1.86 bits per heavy atom. The van der Waals surface area contributed by atoms with E-state index in [1.54, 1.807) is 18.6 Å². The van der Waals surface area contributed by atoms with Crippen molar-refractivity contribution in [2.75, 3.05) is 5.43 Å². The first-order chi connectivity index (χ1) is 10.3. The Morgan fingerprint density at radius 3 is 2.62 bits per heavy atom. The van der Waals surface area contributed by atoms with Gasteiger partial charge in [-0.25, -0.2) is 4.98 Å². The largest absolute Gasteiger partial charge is 0.265 e. The van der Waals surface area contributed by atoms with E-state index in [0.717, 1.165) is 22.0 Å². The van der Waals surface area contributed by atoms with Gasteiger partial charge < -0.3 is 0 Å². The third-order valence-electron chi connectivity index (χ3n) is 2.72. The number of halogens is 1. The highest BCUT2D eigenvalue weighted by atomic mass is 35.5. The second-order valence-corrected chi connectivity index (χ2v) is 5.49. The molecule has 0 fully saturated rings. The number of anilines is 1. The van der Waals surface area contributed by atoms with Gasteiger partial charge in [0.25, 0.3) is 0 Å². The Balaban J connectivity index is 1.68. The van der Waals surface area contributed by atoms with Crippen LogP contribution in [0.1, 0.15) is 5.56 Å². The van der Waals surface area contributed by atoms with Crippen LogP contribution in [0.2, 0.25) is 5.02 Å². The number of aromatic nitrogens is 2. The summed E-state index contributed by atoms with van der Waals surface area (Å²) in [5.74, 6) is 0. The molecule has 0 bridgehead atoms. The highest BCUT2D eigenvalue weighted by Crippen LogP contribution is 2.25. The molecule has 21 heavy (non-hydrogen) atoms. The van der Waals surface area contributed by atoms with E-state index in [1.165, 1.54) is 11.3 Å². The molecule has 0 radical (unpaired) electrons. The lowest BCUT2D eigenvalue weighted by Crippen LogP contribution is -1.90. The molecule has 3 rings (SSSR count). The Labute approximate surface area is 131 Å². The number of rotatable bonds is 4. The van der Waals surface area contributed by atoms with Gasteiger partial charge in [-0.05, 0) is 29.8 Å². The maximum atomic E-state index is 5.88. The van der Waals surface area contributed by atoms with Crippen LogP contribution in [-0.4, -0.2) is 16.2 Å². The molecule has 0 aliphatic rings. The predicted octanol–water partition coefficient (Wildman–Crippen LogP) is 4.30. The lowest BCUT2D eigenvalue weighted by atomic mass is 10.2. The normalized spacial score (nSPS) is 10.9. The summed E-state index contributed by atoms with van der Waals surface area (Å²) in [6.07, 6.45) is 5.18. The van der Waals surface area contributed by atoms with Gasteiger partial charge in [0, 0.05) is 28.4 Å². The number of hydrogen-bond acceptors (Lipinski definition) is 5. The van der Waals surface area contributed by atoms with Gasteiger partial charge in [0.1, 0.15) is 0 Å². The maximum Gasteiger partial charge on any atom is 0.203 e. The van der Waals surface area contributed by atoms with Gasteiger partial charge in [-0.1, -0.05) is 23.7 Å². The zero-order valence-corrected chi connectivity index (χ0v) is 12.5. The van der Waals surface area contributed by atoms with Crippen molar-refractivity contribution in [2.24, 2.45) is 5.10 Å². The van der Waals surface area contributed by atoms with Crippen molar-refractivity contribution in [1.82, 2.24) is 9.97 Å². The van der Waals surface area contributed by atoms with Gasteiger partial charge in [-0.2, -0.15) is 5.10 Å². The molecule has 4 nitrogen and oxygen atoms in total. The van der Waals surface area contributed by atoms with E-state index < -0.39 is 0 Å². The monoisotopic (exact) mass is 314 g/mol. The molecule has 0 aliphatic heterocycles. The third-order valence-corrected chi connectivity index (χ3v) is 3.72. The number of benzene rings is 1. The minimum atomic E-state index is 0.717. The predicted molar refractivity (Wildman–Crippen MR) is 88.0 cm³/mol. The van der Waals surface area contributed by atoms with Crippen molar-refractivity contribution in [3.8, 4) is 11.3 Å². The molecule has 0 saturated carbocycles. The average Bonchev–Trinajstić information content (AvgIpc) is 2.98. The first-order valence-corrected chi connectivity index (χ1v) is 7.47. The van der Waals surface area contributed by atoms with Crippen molar-refractivity contribution in [1.29, 1.82) is 0 Å². The fourth-order valence-corrected chi connectivity index (χ4v) is 2.48. The summed E-state index contributed by atoms with van der Waals surface area (Å²) in [5.41, 5.74) is 5.83. The smallest absolute Gasteiger partial charge is 0.203 e. The fourth-order valence-electron chi connectivity index (χ4n) is 1.69. The van der Waals surface area contributed by atoms with Crippen LogP contribution in [0, 0.1) is 0 Å². The van der Waals surface area contributed by atoms with Gasteiger partial charge >= 0.3 is 0 Å². The van der Waals surface area contributed by atoms with E-state index >= 15 is 0 Å². The number of hydrazone groups is 1. The molecule has 0 spiro atoms. The van der Waals surface area contributed by atoms with Crippen LogP contribution in [0.5, 0.6) is 0 Å². The molecule has 2 aromatic heterocycles. The van der Waals surface area contributed by atoms with Crippen LogP contribution in [0.25, 0.3) is 11.3 Å². The lowest BCUT2D eigenvalue weighted by molar-refractivity contribution is 1.28. The third kappa shape index (κ3) is 3.65. The number of nitrogens with zero attached hydrogens (tertiary/aromatic N) is 3. The van der Waals surface area contributed by atoms with Crippen LogP contribution in [-0.2, 0) is 0 Å². The van der Waals surface area contributed by atoms with E-state index in [4.69, 9.17) is 11.6 Å². The second-order valence-electron chi connectivity index (χ2n) is 4.20. The van der Waals surface area contributed by atoms with E-state index in [0.29, 0.717) is 5.02 Å². The van der Waals surface area contributed by atoms with E-state index in [-0.39, 0.29) is 0 Å². The molecule has 0 saturated heterocycles. The van der Waals surface area contributed by atoms with Gasteiger partial charge in [-0.15, -0.1) is 11.3 Å². The second kappa shape index (κ2) is 6.47. The minimum absolute atomic E-state index is 0.717. The highest BCUT2D eigenvalue weighted by Gasteiger charge is 2.03. The number of hydrogen-bond donors (Lipinski definition) is 1. The van der Waals surface area contributed by atoms with Crippen molar-refractivity contribution in [3.63, 3.8) is 0 Å². The highest BCUT2D eigenvalue weighted by molar-refractivity contribution is 7.14.